The van der Waals surface area contributed by atoms with E-state index in [-0.39, 0.29) is 12.2 Å². The summed E-state index contributed by atoms with van der Waals surface area (Å²) in [5.41, 5.74) is 0.752. The van der Waals surface area contributed by atoms with E-state index in [9.17, 15) is 4.79 Å². The van der Waals surface area contributed by atoms with Crippen LogP contribution in [0, 0.1) is 0 Å². The second kappa shape index (κ2) is 6.42. The van der Waals surface area contributed by atoms with Crippen molar-refractivity contribution in [1.29, 1.82) is 0 Å². The SMILES string of the molecule is CCOC(=O)/C=C(/C)NC1CNCCO1. The molecule has 5 heteroatoms. The molecule has 1 aliphatic rings. The van der Waals surface area contributed by atoms with E-state index in [2.05, 4.69) is 10.6 Å². The second-order valence-electron chi connectivity index (χ2n) is 3.29. The van der Waals surface area contributed by atoms with Crippen LogP contribution in [0.25, 0.3) is 0 Å². The molecule has 86 valence electrons. The molecule has 15 heavy (non-hydrogen) atoms. The summed E-state index contributed by atoms with van der Waals surface area (Å²) in [6.07, 6.45) is 1.37. The summed E-state index contributed by atoms with van der Waals surface area (Å²) >= 11 is 0. The van der Waals surface area contributed by atoms with Crippen LogP contribution in [0.15, 0.2) is 11.8 Å². The number of hydrogen-bond acceptors (Lipinski definition) is 5. The molecule has 0 aliphatic carbocycles. The first kappa shape index (κ1) is 12.0. The van der Waals surface area contributed by atoms with Crippen molar-refractivity contribution in [2.45, 2.75) is 20.1 Å². The average Bonchev–Trinajstić information content (AvgIpc) is 2.19. The van der Waals surface area contributed by atoms with Crippen molar-refractivity contribution in [3.63, 3.8) is 0 Å². The maximum atomic E-state index is 11.1. The Kier molecular flexibility index (Phi) is 5.14. The molecule has 1 heterocycles. The standard InChI is InChI=1S/C10H18N2O3/c1-3-14-10(13)6-8(2)12-9-7-11-4-5-15-9/h6,9,11-12H,3-5,7H2,1-2H3/b8-6-. The van der Waals surface area contributed by atoms with Gasteiger partial charge in [-0.05, 0) is 13.8 Å². The molecule has 0 spiro atoms. The maximum absolute atomic E-state index is 11.1. The number of hydrogen-bond donors (Lipinski definition) is 2. The molecule has 1 saturated heterocycles. The fraction of sp³-hybridized carbons (Fsp3) is 0.700. The molecule has 1 unspecified atom stereocenters. The van der Waals surface area contributed by atoms with Gasteiger partial charge in [-0.2, -0.15) is 0 Å². The normalized spacial score (nSPS) is 22.3. The van der Waals surface area contributed by atoms with Gasteiger partial charge in [-0.3, -0.25) is 0 Å². The number of morpholine rings is 1. The Hall–Kier alpha value is -1.07. The number of carbonyl (C=O) groups excluding carboxylic acids is 1. The third kappa shape index (κ3) is 4.80. The van der Waals surface area contributed by atoms with Crippen LogP contribution in [0.5, 0.6) is 0 Å². The van der Waals surface area contributed by atoms with Crippen LogP contribution in [-0.4, -0.2) is 38.5 Å². The smallest absolute Gasteiger partial charge is 0.332 e. The minimum Gasteiger partial charge on any atom is -0.463 e. The molecule has 0 saturated carbocycles. The molecular weight excluding hydrogens is 196 g/mol. The number of carbonyl (C=O) groups is 1. The van der Waals surface area contributed by atoms with Crippen LogP contribution >= 0.6 is 0 Å². The summed E-state index contributed by atoms with van der Waals surface area (Å²) in [5, 5.41) is 6.27. The lowest BCUT2D eigenvalue weighted by Gasteiger charge is -2.25. The largest absolute Gasteiger partial charge is 0.463 e. The van der Waals surface area contributed by atoms with E-state index in [4.69, 9.17) is 9.47 Å². The molecule has 0 bridgehead atoms. The van der Waals surface area contributed by atoms with Crippen LogP contribution in [0.3, 0.4) is 0 Å². The Morgan fingerprint density at radius 1 is 1.73 bits per heavy atom. The van der Waals surface area contributed by atoms with Crippen LogP contribution < -0.4 is 10.6 Å². The lowest BCUT2D eigenvalue weighted by atomic mass is 10.4. The predicted molar refractivity (Wildman–Crippen MR) is 56.1 cm³/mol. The van der Waals surface area contributed by atoms with Crippen molar-refractivity contribution in [3.05, 3.63) is 11.8 Å². The molecular formula is C10H18N2O3. The zero-order valence-corrected chi connectivity index (χ0v) is 9.21. The monoisotopic (exact) mass is 214 g/mol. The number of esters is 1. The van der Waals surface area contributed by atoms with E-state index in [0.717, 1.165) is 18.8 Å². The van der Waals surface area contributed by atoms with E-state index in [0.29, 0.717) is 13.2 Å². The quantitative estimate of drug-likeness (QED) is 0.509. The summed E-state index contributed by atoms with van der Waals surface area (Å²) < 4.78 is 10.2. The molecule has 0 amide bonds. The van der Waals surface area contributed by atoms with Gasteiger partial charge in [0.05, 0.1) is 13.2 Å². The highest BCUT2D eigenvalue weighted by Crippen LogP contribution is 1.97. The van der Waals surface area contributed by atoms with Gasteiger partial charge >= 0.3 is 5.97 Å². The van der Waals surface area contributed by atoms with Gasteiger partial charge in [0, 0.05) is 24.9 Å². The number of allylic oxidation sites excluding steroid dienone is 1. The van der Waals surface area contributed by atoms with Crippen LogP contribution in [0.1, 0.15) is 13.8 Å². The first-order chi connectivity index (χ1) is 7.22. The van der Waals surface area contributed by atoms with Crippen LogP contribution in [0.2, 0.25) is 0 Å². The molecule has 0 aromatic rings. The van der Waals surface area contributed by atoms with Crippen molar-refractivity contribution in [2.24, 2.45) is 0 Å². The number of ether oxygens (including phenoxy) is 2. The van der Waals surface area contributed by atoms with Gasteiger partial charge in [0.2, 0.25) is 0 Å². The highest BCUT2D eigenvalue weighted by molar-refractivity contribution is 5.82. The Bertz CT molecular complexity index is 235. The summed E-state index contributed by atoms with van der Waals surface area (Å²) in [5.74, 6) is -0.328. The fourth-order valence-corrected chi connectivity index (χ4v) is 1.31. The lowest BCUT2D eigenvalue weighted by Crippen LogP contribution is -2.46. The third-order valence-corrected chi connectivity index (χ3v) is 1.94. The summed E-state index contributed by atoms with van der Waals surface area (Å²) in [6, 6.07) is 0. The van der Waals surface area contributed by atoms with Crippen LogP contribution in [0.4, 0.5) is 0 Å². The van der Waals surface area contributed by atoms with Gasteiger partial charge in [0.15, 0.2) is 0 Å². The van der Waals surface area contributed by atoms with Gasteiger partial charge in [-0.1, -0.05) is 0 Å². The van der Waals surface area contributed by atoms with Gasteiger partial charge in [0.1, 0.15) is 6.23 Å². The van der Waals surface area contributed by atoms with Crippen molar-refractivity contribution in [2.75, 3.05) is 26.3 Å². The zero-order chi connectivity index (χ0) is 11.1. The summed E-state index contributed by atoms with van der Waals surface area (Å²) in [4.78, 5) is 11.1. The molecule has 5 nitrogen and oxygen atoms in total. The van der Waals surface area contributed by atoms with E-state index >= 15 is 0 Å². The Labute approximate surface area is 89.8 Å². The van der Waals surface area contributed by atoms with Gasteiger partial charge in [0.25, 0.3) is 0 Å². The minimum atomic E-state index is -0.328. The summed E-state index contributed by atoms with van der Waals surface area (Å²) in [6.45, 7) is 6.29. The molecule has 1 atom stereocenters. The minimum absolute atomic E-state index is 0.0653. The first-order valence-electron chi connectivity index (χ1n) is 5.16. The van der Waals surface area contributed by atoms with E-state index in [1.54, 1.807) is 6.92 Å². The van der Waals surface area contributed by atoms with Crippen molar-refractivity contribution in [3.8, 4) is 0 Å². The van der Waals surface area contributed by atoms with Gasteiger partial charge in [-0.15, -0.1) is 0 Å². The fourth-order valence-electron chi connectivity index (χ4n) is 1.31. The Balaban J connectivity index is 2.32. The zero-order valence-electron chi connectivity index (χ0n) is 9.21. The maximum Gasteiger partial charge on any atom is 0.332 e. The molecule has 1 rings (SSSR count). The molecule has 0 aromatic carbocycles. The van der Waals surface area contributed by atoms with Gasteiger partial charge in [-0.25, -0.2) is 4.79 Å². The first-order valence-corrected chi connectivity index (χ1v) is 5.16. The number of nitrogens with one attached hydrogen (secondary N) is 2. The van der Waals surface area contributed by atoms with Crippen molar-refractivity contribution in [1.82, 2.24) is 10.6 Å². The highest BCUT2D eigenvalue weighted by atomic mass is 16.5. The molecule has 0 aromatic heterocycles. The molecule has 2 N–H and O–H groups in total. The molecule has 0 radical (unpaired) electrons. The van der Waals surface area contributed by atoms with E-state index < -0.39 is 0 Å². The van der Waals surface area contributed by atoms with E-state index in [1.807, 2.05) is 6.92 Å². The Morgan fingerprint density at radius 2 is 2.53 bits per heavy atom. The summed E-state index contributed by atoms with van der Waals surface area (Å²) in [7, 11) is 0. The number of rotatable bonds is 4. The average molecular weight is 214 g/mol. The topological polar surface area (TPSA) is 59.6 Å². The van der Waals surface area contributed by atoms with Crippen molar-refractivity contribution >= 4 is 5.97 Å². The van der Waals surface area contributed by atoms with Gasteiger partial charge < -0.3 is 20.1 Å². The lowest BCUT2D eigenvalue weighted by molar-refractivity contribution is -0.137. The molecule has 1 aliphatic heterocycles. The highest BCUT2D eigenvalue weighted by Gasteiger charge is 2.12. The van der Waals surface area contributed by atoms with E-state index in [1.165, 1.54) is 6.08 Å². The molecule has 1 fully saturated rings. The third-order valence-electron chi connectivity index (χ3n) is 1.94. The van der Waals surface area contributed by atoms with Crippen molar-refractivity contribution < 1.29 is 14.3 Å². The Morgan fingerprint density at radius 3 is 3.13 bits per heavy atom. The predicted octanol–water partition coefficient (Wildman–Crippen LogP) is -0.0112. The second-order valence-corrected chi connectivity index (χ2v) is 3.29. The van der Waals surface area contributed by atoms with Crippen LogP contribution in [-0.2, 0) is 14.3 Å².